The van der Waals surface area contributed by atoms with Crippen LogP contribution in [-0.4, -0.2) is 15.7 Å². The number of carbonyl (C=O) groups excluding carboxylic acids is 1. The second-order valence-electron chi connectivity index (χ2n) is 7.01. The van der Waals surface area contributed by atoms with E-state index in [4.69, 9.17) is 0 Å². The van der Waals surface area contributed by atoms with Crippen LogP contribution in [0.4, 0.5) is 5.69 Å². The van der Waals surface area contributed by atoms with E-state index in [1.165, 1.54) is 4.68 Å². The molecule has 1 amide bonds. The van der Waals surface area contributed by atoms with Crippen molar-refractivity contribution in [3.05, 3.63) is 68.5 Å². The predicted octanol–water partition coefficient (Wildman–Crippen LogP) is 5.58. The molecule has 5 nitrogen and oxygen atoms in total. The van der Waals surface area contributed by atoms with Crippen LogP contribution in [0.25, 0.3) is 20.2 Å². The summed E-state index contributed by atoms with van der Waals surface area (Å²) in [7, 11) is 0. The fourth-order valence-electron chi connectivity index (χ4n) is 3.51. The van der Waals surface area contributed by atoms with Crippen LogP contribution in [-0.2, 0) is 4.79 Å². The van der Waals surface area contributed by atoms with Crippen LogP contribution in [0.15, 0.2) is 51.7 Å². The molecule has 148 valence electrons. The Morgan fingerprint density at radius 2 is 2.00 bits per heavy atom. The standard InChI is InChI=1S/C22H20BrN3O2S/c1-4-17(21(27)24-14-9-10-16(23)12(2)11-14)26-22(28)19-15-7-5-6-8-18(15)29-20(19)13(3)25-26/h5-11,17H,4H2,1-3H3,(H,24,27)/t17-/m0/s1. The Bertz CT molecular complexity index is 1310. The zero-order chi connectivity index (χ0) is 20.7. The van der Waals surface area contributed by atoms with Gasteiger partial charge in [0.15, 0.2) is 0 Å². The first-order chi connectivity index (χ1) is 13.9. The number of aryl methyl sites for hydroxylation is 2. The van der Waals surface area contributed by atoms with Crippen LogP contribution in [0.1, 0.15) is 30.6 Å². The smallest absolute Gasteiger partial charge is 0.276 e. The van der Waals surface area contributed by atoms with Crippen LogP contribution < -0.4 is 10.9 Å². The average molecular weight is 470 g/mol. The van der Waals surface area contributed by atoms with Crippen molar-refractivity contribution in [2.45, 2.75) is 33.2 Å². The first-order valence-electron chi connectivity index (χ1n) is 9.38. The number of thiophene rings is 1. The highest BCUT2D eigenvalue weighted by Crippen LogP contribution is 2.33. The van der Waals surface area contributed by atoms with Gasteiger partial charge in [0.2, 0.25) is 5.91 Å². The van der Waals surface area contributed by atoms with Crippen molar-refractivity contribution in [3.63, 3.8) is 0 Å². The summed E-state index contributed by atoms with van der Waals surface area (Å²) in [6, 6.07) is 12.8. The third-order valence-corrected chi connectivity index (χ3v) is 7.18. The summed E-state index contributed by atoms with van der Waals surface area (Å²) in [6.07, 6.45) is 0.460. The number of nitrogens with one attached hydrogen (secondary N) is 1. The van der Waals surface area contributed by atoms with E-state index in [1.54, 1.807) is 11.3 Å². The summed E-state index contributed by atoms with van der Waals surface area (Å²) >= 11 is 5.03. The number of halogens is 1. The number of anilines is 1. The Labute approximate surface area is 180 Å². The first-order valence-corrected chi connectivity index (χ1v) is 11.0. The molecule has 2 aromatic carbocycles. The molecule has 0 aliphatic carbocycles. The molecule has 0 fully saturated rings. The molecular weight excluding hydrogens is 450 g/mol. The molecule has 1 N–H and O–H groups in total. The molecule has 2 aromatic heterocycles. The maximum absolute atomic E-state index is 13.3. The molecule has 29 heavy (non-hydrogen) atoms. The lowest BCUT2D eigenvalue weighted by atomic mass is 10.1. The van der Waals surface area contributed by atoms with Gasteiger partial charge in [0.1, 0.15) is 6.04 Å². The highest BCUT2D eigenvalue weighted by Gasteiger charge is 2.24. The zero-order valence-electron chi connectivity index (χ0n) is 16.3. The van der Waals surface area contributed by atoms with Crippen molar-refractivity contribution in [2.75, 3.05) is 5.32 Å². The van der Waals surface area contributed by atoms with E-state index in [1.807, 2.05) is 63.2 Å². The van der Waals surface area contributed by atoms with E-state index in [2.05, 4.69) is 26.3 Å². The predicted molar refractivity (Wildman–Crippen MR) is 123 cm³/mol. The topological polar surface area (TPSA) is 64.0 Å². The third kappa shape index (κ3) is 3.49. The van der Waals surface area contributed by atoms with Crippen LogP contribution in [0, 0.1) is 13.8 Å². The minimum atomic E-state index is -0.687. The van der Waals surface area contributed by atoms with Crippen molar-refractivity contribution < 1.29 is 4.79 Å². The van der Waals surface area contributed by atoms with E-state index in [0.717, 1.165) is 30.5 Å². The Morgan fingerprint density at radius 3 is 2.72 bits per heavy atom. The number of benzene rings is 2. The van der Waals surface area contributed by atoms with Gasteiger partial charge in [0.05, 0.1) is 15.8 Å². The van der Waals surface area contributed by atoms with E-state index in [9.17, 15) is 9.59 Å². The van der Waals surface area contributed by atoms with Crippen molar-refractivity contribution in [1.82, 2.24) is 9.78 Å². The lowest BCUT2D eigenvalue weighted by Crippen LogP contribution is -2.35. The largest absolute Gasteiger partial charge is 0.324 e. The normalized spacial score (nSPS) is 12.4. The monoisotopic (exact) mass is 469 g/mol. The van der Waals surface area contributed by atoms with Gasteiger partial charge >= 0.3 is 0 Å². The molecule has 0 aliphatic heterocycles. The van der Waals surface area contributed by atoms with Gasteiger partial charge in [0, 0.05) is 20.2 Å². The summed E-state index contributed by atoms with van der Waals surface area (Å²) in [5, 5.41) is 8.99. The lowest BCUT2D eigenvalue weighted by Gasteiger charge is -2.18. The third-order valence-electron chi connectivity index (χ3n) is 5.01. The number of amides is 1. The quantitative estimate of drug-likeness (QED) is 0.424. The molecule has 0 radical (unpaired) electrons. The van der Waals surface area contributed by atoms with Gasteiger partial charge in [-0.05, 0) is 50.1 Å². The molecule has 0 spiro atoms. The van der Waals surface area contributed by atoms with Gasteiger partial charge in [-0.25, -0.2) is 4.68 Å². The number of hydrogen-bond acceptors (Lipinski definition) is 4. The summed E-state index contributed by atoms with van der Waals surface area (Å²) < 4.78 is 4.25. The van der Waals surface area contributed by atoms with Gasteiger partial charge in [-0.3, -0.25) is 9.59 Å². The summed E-state index contributed by atoms with van der Waals surface area (Å²) in [4.78, 5) is 26.4. The van der Waals surface area contributed by atoms with Crippen molar-refractivity contribution in [3.8, 4) is 0 Å². The van der Waals surface area contributed by atoms with Gasteiger partial charge in [0.25, 0.3) is 5.56 Å². The zero-order valence-corrected chi connectivity index (χ0v) is 18.7. The van der Waals surface area contributed by atoms with Crippen LogP contribution >= 0.6 is 27.3 Å². The second kappa shape index (κ2) is 7.72. The van der Waals surface area contributed by atoms with Gasteiger partial charge < -0.3 is 5.32 Å². The van der Waals surface area contributed by atoms with Gasteiger partial charge in [-0.2, -0.15) is 5.10 Å². The van der Waals surface area contributed by atoms with Crippen molar-refractivity contribution in [2.24, 2.45) is 0 Å². The molecule has 4 rings (SSSR count). The number of fused-ring (bicyclic) bond motifs is 3. The molecule has 0 saturated carbocycles. The minimum Gasteiger partial charge on any atom is -0.324 e. The van der Waals surface area contributed by atoms with Crippen LogP contribution in [0.5, 0.6) is 0 Å². The summed E-state index contributed by atoms with van der Waals surface area (Å²) in [5.74, 6) is -0.248. The fraction of sp³-hybridized carbons (Fsp3) is 0.227. The number of hydrogen-bond donors (Lipinski definition) is 1. The molecule has 4 aromatic rings. The molecule has 1 atom stereocenters. The maximum Gasteiger partial charge on any atom is 0.276 e. The van der Waals surface area contributed by atoms with E-state index < -0.39 is 6.04 Å². The molecular formula is C22H20BrN3O2S. The maximum atomic E-state index is 13.3. The van der Waals surface area contributed by atoms with Crippen LogP contribution in [0.3, 0.4) is 0 Å². The van der Waals surface area contributed by atoms with Gasteiger partial charge in [-0.15, -0.1) is 11.3 Å². The molecule has 7 heteroatoms. The highest BCUT2D eigenvalue weighted by molar-refractivity contribution is 9.10. The number of rotatable bonds is 4. The summed E-state index contributed by atoms with van der Waals surface area (Å²) in [6.45, 7) is 5.73. The Balaban J connectivity index is 1.79. The van der Waals surface area contributed by atoms with E-state index >= 15 is 0 Å². The second-order valence-corrected chi connectivity index (χ2v) is 8.92. The van der Waals surface area contributed by atoms with Crippen molar-refractivity contribution in [1.29, 1.82) is 0 Å². The number of aromatic nitrogens is 2. The summed E-state index contributed by atoms with van der Waals surface area (Å²) in [5.41, 5.74) is 2.25. The van der Waals surface area contributed by atoms with Crippen LogP contribution in [0.2, 0.25) is 0 Å². The first kappa shape index (κ1) is 19.8. The molecule has 0 bridgehead atoms. The Kier molecular flexibility index (Phi) is 5.27. The Hall–Kier alpha value is -2.51. The van der Waals surface area contributed by atoms with Gasteiger partial charge in [-0.1, -0.05) is 41.1 Å². The Morgan fingerprint density at radius 1 is 1.24 bits per heavy atom. The highest BCUT2D eigenvalue weighted by atomic mass is 79.9. The number of nitrogens with zero attached hydrogens (tertiary/aromatic N) is 2. The molecule has 0 aliphatic rings. The van der Waals surface area contributed by atoms with E-state index in [0.29, 0.717) is 17.5 Å². The molecule has 0 unspecified atom stereocenters. The van der Waals surface area contributed by atoms with E-state index in [-0.39, 0.29) is 11.5 Å². The lowest BCUT2D eigenvalue weighted by molar-refractivity contribution is -0.119. The minimum absolute atomic E-state index is 0.225. The number of carbonyl (C=O) groups is 1. The SMILES string of the molecule is CC[C@@H](C(=O)Nc1ccc(Br)c(C)c1)n1nc(C)c2sc3ccccc3c2c1=O. The fourth-order valence-corrected chi connectivity index (χ4v) is 4.89. The molecule has 2 heterocycles. The molecule has 0 saturated heterocycles. The average Bonchev–Trinajstić information content (AvgIpc) is 3.09. The van der Waals surface area contributed by atoms with Crippen molar-refractivity contribution >= 4 is 59.0 Å².